The average Bonchev–Trinajstić information content (AvgIpc) is 2.74. The van der Waals surface area contributed by atoms with Gasteiger partial charge >= 0.3 is 12.1 Å². The summed E-state index contributed by atoms with van der Waals surface area (Å²) in [5, 5.41) is 23.8. The maximum absolute atomic E-state index is 13.2. The molecule has 0 aromatic heterocycles. The first kappa shape index (κ1) is 25.2. The SMILES string of the molecule is C/C=C\C1=C(C(=O)O)N2C(=O)[C@@H](NC(=O)C(NC(=O)OC(C)(C)C)c3ccc(O)cc3)[C@@H]2SC1. The lowest BCUT2D eigenvalue weighted by atomic mass is 10.0. The van der Waals surface area contributed by atoms with Crippen LogP contribution in [0.2, 0.25) is 0 Å². The van der Waals surface area contributed by atoms with E-state index in [0.29, 0.717) is 16.9 Å². The Morgan fingerprint density at radius 3 is 2.44 bits per heavy atom. The molecule has 4 N–H and O–H groups in total. The maximum atomic E-state index is 13.2. The van der Waals surface area contributed by atoms with E-state index in [2.05, 4.69) is 10.6 Å². The number of hydrogen-bond acceptors (Lipinski definition) is 7. The lowest BCUT2D eigenvalue weighted by Crippen LogP contribution is -2.71. The number of phenolic OH excluding ortho intramolecular Hbond substituents is 1. The molecule has 182 valence electrons. The third kappa shape index (κ3) is 5.36. The number of carbonyl (C=O) groups is 4. The number of fused-ring (bicyclic) bond motifs is 1. The molecule has 3 amide bonds. The van der Waals surface area contributed by atoms with Gasteiger partial charge in [-0.25, -0.2) is 9.59 Å². The van der Waals surface area contributed by atoms with Crippen molar-refractivity contribution in [2.75, 3.05) is 5.75 Å². The molecule has 0 bridgehead atoms. The largest absolute Gasteiger partial charge is 0.508 e. The monoisotopic (exact) mass is 489 g/mol. The Labute approximate surface area is 201 Å². The zero-order valence-corrected chi connectivity index (χ0v) is 20.0. The van der Waals surface area contributed by atoms with Gasteiger partial charge < -0.3 is 25.6 Å². The van der Waals surface area contributed by atoms with Crippen LogP contribution in [0, 0.1) is 0 Å². The molecule has 0 spiro atoms. The number of benzene rings is 1. The molecule has 1 saturated heterocycles. The second-order valence-electron chi connectivity index (χ2n) is 8.75. The third-order valence-corrected chi connectivity index (χ3v) is 6.32. The van der Waals surface area contributed by atoms with Gasteiger partial charge in [-0.1, -0.05) is 24.3 Å². The van der Waals surface area contributed by atoms with Crippen molar-refractivity contribution in [3.8, 4) is 5.75 Å². The van der Waals surface area contributed by atoms with Gasteiger partial charge in [-0.3, -0.25) is 14.5 Å². The summed E-state index contributed by atoms with van der Waals surface area (Å²) in [5.41, 5.74) is -0.0159. The van der Waals surface area contributed by atoms with E-state index < -0.39 is 46.9 Å². The van der Waals surface area contributed by atoms with Crippen LogP contribution >= 0.6 is 11.8 Å². The van der Waals surface area contributed by atoms with Gasteiger partial charge in [0, 0.05) is 5.75 Å². The Kier molecular flexibility index (Phi) is 7.25. The van der Waals surface area contributed by atoms with Crippen LogP contribution in [0.5, 0.6) is 5.75 Å². The number of ether oxygens (including phenoxy) is 1. The van der Waals surface area contributed by atoms with E-state index in [9.17, 15) is 29.4 Å². The minimum atomic E-state index is -1.22. The average molecular weight is 490 g/mol. The van der Waals surface area contributed by atoms with Gasteiger partial charge in [0.1, 0.15) is 34.5 Å². The number of carboxylic acid groups (broad SMARTS) is 1. The molecular weight excluding hydrogens is 462 g/mol. The van der Waals surface area contributed by atoms with E-state index in [1.54, 1.807) is 39.8 Å². The van der Waals surface area contributed by atoms with Crippen molar-refractivity contribution in [1.82, 2.24) is 15.5 Å². The number of hydrogen-bond donors (Lipinski definition) is 4. The molecular formula is C23H27N3O7S. The van der Waals surface area contributed by atoms with E-state index in [1.807, 2.05) is 0 Å². The summed E-state index contributed by atoms with van der Waals surface area (Å²) in [4.78, 5) is 51.4. The molecule has 1 aromatic carbocycles. The molecule has 1 aromatic rings. The first-order valence-corrected chi connectivity index (χ1v) is 11.6. The summed E-state index contributed by atoms with van der Waals surface area (Å²) in [7, 11) is 0. The number of aliphatic carboxylic acids is 1. The molecule has 10 nitrogen and oxygen atoms in total. The third-order valence-electron chi connectivity index (χ3n) is 5.02. The molecule has 2 heterocycles. The number of alkyl carbamates (subject to hydrolysis) is 1. The van der Waals surface area contributed by atoms with Crippen molar-refractivity contribution < 1.29 is 34.1 Å². The number of aromatic hydroxyl groups is 1. The number of rotatable bonds is 6. The fourth-order valence-corrected chi connectivity index (χ4v) is 4.92. The Morgan fingerprint density at radius 1 is 1.24 bits per heavy atom. The Hall–Kier alpha value is -3.47. The van der Waals surface area contributed by atoms with E-state index >= 15 is 0 Å². The predicted octanol–water partition coefficient (Wildman–Crippen LogP) is 2.27. The van der Waals surface area contributed by atoms with Crippen LogP contribution < -0.4 is 10.6 Å². The molecule has 1 fully saturated rings. The molecule has 34 heavy (non-hydrogen) atoms. The van der Waals surface area contributed by atoms with E-state index in [1.165, 1.54) is 40.9 Å². The molecule has 3 rings (SSSR count). The summed E-state index contributed by atoms with van der Waals surface area (Å²) >= 11 is 1.34. The van der Waals surface area contributed by atoms with Crippen LogP contribution in [0.4, 0.5) is 4.79 Å². The van der Waals surface area contributed by atoms with Gasteiger partial charge in [0.25, 0.3) is 5.91 Å². The molecule has 3 atom stereocenters. The number of allylic oxidation sites excluding steroid dienone is 2. The zero-order valence-electron chi connectivity index (χ0n) is 19.2. The van der Waals surface area contributed by atoms with Crippen molar-refractivity contribution >= 4 is 35.6 Å². The lowest BCUT2D eigenvalue weighted by Gasteiger charge is -2.49. The Morgan fingerprint density at radius 2 is 1.88 bits per heavy atom. The van der Waals surface area contributed by atoms with E-state index in [4.69, 9.17) is 4.74 Å². The second kappa shape index (κ2) is 9.80. The normalized spacial score (nSPS) is 20.9. The van der Waals surface area contributed by atoms with Crippen molar-refractivity contribution in [2.24, 2.45) is 0 Å². The fourth-order valence-electron chi connectivity index (χ4n) is 3.60. The highest BCUT2D eigenvalue weighted by Crippen LogP contribution is 2.40. The highest BCUT2D eigenvalue weighted by atomic mass is 32.2. The molecule has 11 heteroatoms. The summed E-state index contributed by atoms with van der Waals surface area (Å²) in [6, 6.07) is 3.50. The van der Waals surface area contributed by atoms with Crippen molar-refractivity contribution in [3.63, 3.8) is 0 Å². The van der Waals surface area contributed by atoms with Crippen LogP contribution in [-0.4, -0.2) is 61.8 Å². The van der Waals surface area contributed by atoms with Gasteiger partial charge in [0.2, 0.25) is 5.91 Å². The topological polar surface area (TPSA) is 145 Å². The first-order valence-electron chi connectivity index (χ1n) is 10.6. The first-order chi connectivity index (χ1) is 15.9. The van der Waals surface area contributed by atoms with E-state index in [-0.39, 0.29) is 11.4 Å². The summed E-state index contributed by atoms with van der Waals surface area (Å²) in [5.74, 6) is -2.09. The maximum Gasteiger partial charge on any atom is 0.408 e. The second-order valence-corrected chi connectivity index (χ2v) is 9.85. The number of carbonyl (C=O) groups excluding carboxylic acids is 3. The fraction of sp³-hybridized carbons (Fsp3) is 0.391. The minimum Gasteiger partial charge on any atom is -0.508 e. The smallest absolute Gasteiger partial charge is 0.408 e. The number of nitrogens with zero attached hydrogens (tertiary/aromatic N) is 1. The summed E-state index contributed by atoms with van der Waals surface area (Å²) in [6.45, 7) is 6.80. The minimum absolute atomic E-state index is 0.0199. The van der Waals surface area contributed by atoms with Gasteiger partial charge in [0.05, 0.1) is 0 Å². The van der Waals surface area contributed by atoms with Crippen LogP contribution in [0.15, 0.2) is 47.7 Å². The van der Waals surface area contributed by atoms with Crippen LogP contribution in [0.3, 0.4) is 0 Å². The number of nitrogens with one attached hydrogen (secondary N) is 2. The molecule has 1 unspecified atom stereocenters. The summed E-state index contributed by atoms with van der Waals surface area (Å²) < 4.78 is 5.25. The lowest BCUT2D eigenvalue weighted by molar-refractivity contribution is -0.150. The number of thioether (sulfide) groups is 1. The molecule has 2 aliphatic heterocycles. The van der Waals surface area contributed by atoms with Crippen molar-refractivity contribution in [3.05, 3.63) is 53.3 Å². The number of carboxylic acids is 1. The van der Waals surface area contributed by atoms with Crippen LogP contribution in [0.25, 0.3) is 0 Å². The van der Waals surface area contributed by atoms with Gasteiger partial charge in [-0.15, -0.1) is 11.8 Å². The standard InChI is InChI=1S/C23H27N3O7S/c1-5-6-13-11-34-20-16(19(29)26(20)17(13)21(30)31)24-18(28)15(12-7-9-14(27)10-8-12)25-22(32)33-23(2,3)4/h5-10,15-16,20,27H,11H2,1-4H3,(H,24,28)(H,25,32)(H,30,31)/b6-5-/t15?,16-,20+/m1/s1. The van der Waals surface area contributed by atoms with Crippen molar-refractivity contribution in [1.29, 1.82) is 0 Å². The molecule has 0 radical (unpaired) electrons. The van der Waals surface area contributed by atoms with Crippen molar-refractivity contribution in [2.45, 2.75) is 50.8 Å². The molecule has 2 aliphatic rings. The quantitative estimate of drug-likeness (QED) is 0.445. The van der Waals surface area contributed by atoms with Gasteiger partial charge in [-0.05, 0) is 51.0 Å². The van der Waals surface area contributed by atoms with Gasteiger partial charge in [-0.2, -0.15) is 0 Å². The molecule has 0 aliphatic carbocycles. The Bertz CT molecular complexity index is 1060. The number of phenols is 1. The highest BCUT2D eigenvalue weighted by molar-refractivity contribution is 8.00. The zero-order chi connectivity index (χ0) is 25.2. The van der Waals surface area contributed by atoms with Gasteiger partial charge in [0.15, 0.2) is 0 Å². The van der Waals surface area contributed by atoms with Crippen LogP contribution in [0.1, 0.15) is 39.3 Å². The van der Waals surface area contributed by atoms with E-state index in [0.717, 1.165) is 0 Å². The predicted molar refractivity (Wildman–Crippen MR) is 125 cm³/mol. The highest BCUT2D eigenvalue weighted by Gasteiger charge is 2.54. The summed E-state index contributed by atoms with van der Waals surface area (Å²) in [6.07, 6.45) is 2.52. The molecule has 0 saturated carbocycles. The Balaban J connectivity index is 1.81. The van der Waals surface area contributed by atoms with Crippen LogP contribution in [-0.2, 0) is 19.1 Å². The number of β-lactam (4-membered cyclic amide) rings is 1. The number of amides is 3.